The number of allylic oxidation sites excluding steroid dienone is 1. The van der Waals surface area contributed by atoms with Crippen LogP contribution in [0.4, 0.5) is 4.39 Å². The molecule has 0 saturated carbocycles. The minimum atomic E-state index is -0.200. The molecule has 1 aromatic carbocycles. The second kappa shape index (κ2) is 4.75. The van der Waals surface area contributed by atoms with Gasteiger partial charge in [0, 0.05) is 18.9 Å². The van der Waals surface area contributed by atoms with E-state index in [2.05, 4.69) is 11.6 Å². The molecule has 1 aromatic heterocycles. The van der Waals surface area contributed by atoms with Gasteiger partial charge in [0.25, 0.3) is 0 Å². The first-order valence-electron chi connectivity index (χ1n) is 5.13. The van der Waals surface area contributed by atoms with Crippen LogP contribution in [0.2, 0.25) is 0 Å². The van der Waals surface area contributed by atoms with Crippen LogP contribution in [0.25, 0.3) is 0 Å². The van der Waals surface area contributed by atoms with Gasteiger partial charge in [0.05, 0.1) is 6.33 Å². The van der Waals surface area contributed by atoms with Crippen LogP contribution >= 0.6 is 0 Å². The highest BCUT2D eigenvalue weighted by Gasteiger charge is 2.00. The minimum absolute atomic E-state index is 0.200. The van der Waals surface area contributed by atoms with Crippen LogP contribution in [0, 0.1) is 5.82 Å². The van der Waals surface area contributed by atoms with Gasteiger partial charge in [-0.2, -0.15) is 0 Å². The summed E-state index contributed by atoms with van der Waals surface area (Å²) in [5.74, 6) is -0.200. The molecule has 0 saturated heterocycles. The van der Waals surface area contributed by atoms with E-state index < -0.39 is 0 Å². The Hall–Kier alpha value is -1.90. The molecule has 0 amide bonds. The summed E-state index contributed by atoms with van der Waals surface area (Å²) in [5.41, 5.74) is 1.89. The molecular weight excluding hydrogens is 203 g/mol. The van der Waals surface area contributed by atoms with Gasteiger partial charge in [-0.05, 0) is 29.7 Å². The maximum absolute atomic E-state index is 13.3. The van der Waals surface area contributed by atoms with Crippen molar-refractivity contribution in [1.29, 1.82) is 0 Å². The van der Waals surface area contributed by atoms with Crippen LogP contribution in [0.1, 0.15) is 11.1 Å². The molecule has 0 atom stereocenters. The Morgan fingerprint density at radius 2 is 2.12 bits per heavy atom. The zero-order chi connectivity index (χ0) is 11.4. The summed E-state index contributed by atoms with van der Waals surface area (Å²) in [6.07, 6.45) is 7.75. The highest BCUT2D eigenvalue weighted by atomic mass is 19.1. The first-order valence-corrected chi connectivity index (χ1v) is 5.13. The number of imidazole rings is 1. The second-order valence-corrected chi connectivity index (χ2v) is 3.70. The maximum atomic E-state index is 13.3. The lowest BCUT2D eigenvalue weighted by molar-refractivity contribution is 0.621. The molecular formula is C13H13FN2. The Morgan fingerprint density at radius 1 is 1.31 bits per heavy atom. The molecule has 0 bridgehead atoms. The van der Waals surface area contributed by atoms with Crippen molar-refractivity contribution < 1.29 is 4.39 Å². The number of benzene rings is 1. The predicted molar refractivity (Wildman–Crippen MR) is 61.6 cm³/mol. The summed E-state index contributed by atoms with van der Waals surface area (Å²) in [7, 11) is 0. The van der Waals surface area contributed by atoms with Crippen molar-refractivity contribution >= 4 is 0 Å². The zero-order valence-corrected chi connectivity index (χ0v) is 8.94. The van der Waals surface area contributed by atoms with E-state index in [1.165, 1.54) is 0 Å². The van der Waals surface area contributed by atoms with Crippen LogP contribution in [0.15, 0.2) is 49.6 Å². The molecule has 0 N–H and O–H groups in total. The Labute approximate surface area is 94.1 Å². The van der Waals surface area contributed by atoms with E-state index in [0.717, 1.165) is 11.1 Å². The fourth-order valence-corrected chi connectivity index (χ4v) is 1.68. The van der Waals surface area contributed by atoms with E-state index >= 15 is 0 Å². The fourth-order valence-electron chi connectivity index (χ4n) is 1.68. The molecule has 16 heavy (non-hydrogen) atoms. The van der Waals surface area contributed by atoms with Gasteiger partial charge >= 0.3 is 0 Å². The van der Waals surface area contributed by atoms with E-state index in [0.29, 0.717) is 13.0 Å². The maximum Gasteiger partial charge on any atom is 0.123 e. The molecule has 1 heterocycles. The SMILES string of the molecule is C=CCc1cc(F)cc(Cn2ccnc2)c1. The molecule has 3 heteroatoms. The lowest BCUT2D eigenvalue weighted by Gasteiger charge is -2.05. The number of aromatic nitrogens is 2. The smallest absolute Gasteiger partial charge is 0.123 e. The molecule has 0 radical (unpaired) electrons. The summed E-state index contributed by atoms with van der Waals surface area (Å²) >= 11 is 0. The molecule has 0 unspecified atom stereocenters. The van der Waals surface area contributed by atoms with E-state index in [9.17, 15) is 4.39 Å². The number of hydrogen-bond acceptors (Lipinski definition) is 1. The largest absolute Gasteiger partial charge is 0.333 e. The van der Waals surface area contributed by atoms with Crippen molar-refractivity contribution in [3.8, 4) is 0 Å². The Morgan fingerprint density at radius 3 is 2.81 bits per heavy atom. The number of halogens is 1. The van der Waals surface area contributed by atoms with Crippen molar-refractivity contribution in [1.82, 2.24) is 9.55 Å². The van der Waals surface area contributed by atoms with Gasteiger partial charge in [0.15, 0.2) is 0 Å². The van der Waals surface area contributed by atoms with Gasteiger partial charge in [-0.15, -0.1) is 6.58 Å². The summed E-state index contributed by atoms with van der Waals surface area (Å²) < 4.78 is 15.2. The summed E-state index contributed by atoms with van der Waals surface area (Å²) in [4.78, 5) is 3.95. The molecule has 0 aliphatic heterocycles. The van der Waals surface area contributed by atoms with Gasteiger partial charge in [-0.25, -0.2) is 9.37 Å². The van der Waals surface area contributed by atoms with Gasteiger partial charge in [0.2, 0.25) is 0 Å². The van der Waals surface area contributed by atoms with Crippen molar-refractivity contribution in [2.75, 3.05) is 0 Å². The van der Waals surface area contributed by atoms with Crippen molar-refractivity contribution in [3.63, 3.8) is 0 Å². The zero-order valence-electron chi connectivity index (χ0n) is 8.94. The van der Waals surface area contributed by atoms with Gasteiger partial charge < -0.3 is 4.57 Å². The highest BCUT2D eigenvalue weighted by molar-refractivity contribution is 5.26. The van der Waals surface area contributed by atoms with Crippen LogP contribution < -0.4 is 0 Å². The molecule has 0 spiro atoms. The van der Waals surface area contributed by atoms with E-state index in [1.54, 1.807) is 30.7 Å². The minimum Gasteiger partial charge on any atom is -0.333 e. The third kappa shape index (κ3) is 2.57. The van der Waals surface area contributed by atoms with Crippen molar-refractivity contribution in [3.05, 3.63) is 66.5 Å². The van der Waals surface area contributed by atoms with Gasteiger partial charge in [0.1, 0.15) is 5.82 Å². The summed E-state index contributed by atoms with van der Waals surface area (Å²) in [6.45, 7) is 4.29. The number of hydrogen-bond donors (Lipinski definition) is 0. The monoisotopic (exact) mass is 216 g/mol. The Kier molecular flexibility index (Phi) is 3.15. The third-order valence-electron chi connectivity index (χ3n) is 2.32. The lowest BCUT2D eigenvalue weighted by Crippen LogP contribution is -1.98. The summed E-state index contributed by atoms with van der Waals surface area (Å²) in [5, 5.41) is 0. The molecule has 0 aliphatic rings. The lowest BCUT2D eigenvalue weighted by atomic mass is 10.1. The first-order chi connectivity index (χ1) is 7.78. The molecule has 0 fully saturated rings. The van der Waals surface area contributed by atoms with Crippen LogP contribution in [-0.2, 0) is 13.0 Å². The van der Waals surface area contributed by atoms with E-state index in [-0.39, 0.29) is 5.82 Å². The second-order valence-electron chi connectivity index (χ2n) is 3.70. The Balaban J connectivity index is 2.23. The molecule has 2 rings (SSSR count). The Bertz CT molecular complexity index is 475. The normalized spacial score (nSPS) is 10.3. The van der Waals surface area contributed by atoms with Crippen LogP contribution in [0.5, 0.6) is 0 Å². The van der Waals surface area contributed by atoms with Gasteiger partial charge in [-0.1, -0.05) is 12.1 Å². The fraction of sp³-hybridized carbons (Fsp3) is 0.154. The van der Waals surface area contributed by atoms with Crippen molar-refractivity contribution in [2.24, 2.45) is 0 Å². The first kappa shape index (κ1) is 10.6. The molecule has 2 nitrogen and oxygen atoms in total. The number of nitrogens with zero attached hydrogens (tertiary/aromatic N) is 2. The predicted octanol–water partition coefficient (Wildman–Crippen LogP) is 2.80. The highest BCUT2D eigenvalue weighted by Crippen LogP contribution is 2.11. The quantitative estimate of drug-likeness (QED) is 0.718. The van der Waals surface area contributed by atoms with Crippen LogP contribution in [0.3, 0.4) is 0 Å². The average molecular weight is 216 g/mol. The molecule has 0 aliphatic carbocycles. The van der Waals surface area contributed by atoms with E-state index in [1.807, 2.05) is 16.8 Å². The molecule has 2 aromatic rings. The van der Waals surface area contributed by atoms with E-state index in [4.69, 9.17) is 0 Å². The molecule has 82 valence electrons. The number of rotatable bonds is 4. The third-order valence-corrected chi connectivity index (χ3v) is 2.32. The summed E-state index contributed by atoms with van der Waals surface area (Å²) in [6, 6.07) is 5.08. The topological polar surface area (TPSA) is 17.8 Å². The van der Waals surface area contributed by atoms with Gasteiger partial charge in [-0.3, -0.25) is 0 Å². The van der Waals surface area contributed by atoms with Crippen LogP contribution in [-0.4, -0.2) is 9.55 Å². The standard InChI is InChI=1S/C13H13FN2/c1-2-3-11-6-12(8-13(14)7-11)9-16-5-4-15-10-16/h2,4-8,10H,1,3,9H2. The average Bonchev–Trinajstić information content (AvgIpc) is 2.70. The van der Waals surface area contributed by atoms with Crippen molar-refractivity contribution in [2.45, 2.75) is 13.0 Å².